The molecule has 2 spiro atoms. The van der Waals surface area contributed by atoms with Gasteiger partial charge in [-0.15, -0.1) is 0 Å². The predicted molar refractivity (Wildman–Crippen MR) is 75.3 cm³/mol. The van der Waals surface area contributed by atoms with Crippen LogP contribution in [0.4, 0.5) is 0 Å². The summed E-state index contributed by atoms with van der Waals surface area (Å²) in [7, 11) is 2.93. The van der Waals surface area contributed by atoms with Gasteiger partial charge >= 0.3 is 11.9 Å². The lowest BCUT2D eigenvalue weighted by Crippen LogP contribution is -3.02. The Hall–Kier alpha value is -1.06. The summed E-state index contributed by atoms with van der Waals surface area (Å²) in [6, 6.07) is 0. The van der Waals surface area contributed by atoms with Gasteiger partial charge in [0.15, 0.2) is 0 Å². The molecule has 7 rings (SSSR count). The standard InChI is InChI=1S/C18H22O4/c1-21-15(19)9-10(16(20)22-2)12-8-7-11(9)17-5-3-4-6-18(12,17)14(8)13(7)17/h7-14H,3-6H2,1-2H3/t7-,8+,9-,10+,11-,12-,13+,14-,17+,18-/m0/s1. The minimum atomic E-state index is -0.229. The van der Waals surface area contributed by atoms with Gasteiger partial charge < -0.3 is 9.47 Å². The molecule has 0 amide bonds. The van der Waals surface area contributed by atoms with Gasteiger partial charge in [-0.1, -0.05) is 12.8 Å². The molecule has 2 bridgehead atoms. The molecular formula is C18H22O4. The smallest absolute Gasteiger partial charge is 0.309 e. The molecule has 0 N–H and O–H groups in total. The summed E-state index contributed by atoms with van der Waals surface area (Å²) in [5, 5.41) is 0. The third-order valence-corrected chi connectivity index (χ3v) is 9.27. The highest BCUT2D eigenvalue weighted by Gasteiger charge is 3.03. The summed E-state index contributed by atoms with van der Waals surface area (Å²) in [5.74, 6) is 3.27. The molecule has 0 aromatic rings. The van der Waals surface area contributed by atoms with Gasteiger partial charge in [-0.05, 0) is 59.2 Å². The Labute approximate surface area is 129 Å². The Morgan fingerprint density at radius 1 is 0.773 bits per heavy atom. The highest BCUT2D eigenvalue weighted by atomic mass is 16.5. The van der Waals surface area contributed by atoms with Crippen LogP contribution in [-0.2, 0) is 19.1 Å². The fourth-order valence-corrected chi connectivity index (χ4v) is 9.50. The molecule has 0 aromatic carbocycles. The van der Waals surface area contributed by atoms with Crippen LogP contribution in [0.25, 0.3) is 0 Å². The molecule has 22 heavy (non-hydrogen) atoms. The van der Waals surface area contributed by atoms with Gasteiger partial charge in [0.25, 0.3) is 0 Å². The van der Waals surface area contributed by atoms with E-state index in [2.05, 4.69) is 0 Å². The zero-order chi connectivity index (χ0) is 15.0. The van der Waals surface area contributed by atoms with Gasteiger partial charge in [0.2, 0.25) is 0 Å². The molecule has 0 aromatic heterocycles. The number of methoxy groups -OCH3 is 2. The Kier molecular flexibility index (Phi) is 1.83. The summed E-state index contributed by atoms with van der Waals surface area (Å²) < 4.78 is 10.2. The normalized spacial score (nSPS) is 63.9. The highest BCUT2D eigenvalue weighted by molar-refractivity contribution is 5.85. The maximum Gasteiger partial charge on any atom is 0.309 e. The van der Waals surface area contributed by atoms with Crippen LogP contribution in [0.15, 0.2) is 0 Å². The Morgan fingerprint density at radius 2 is 1.18 bits per heavy atom. The second-order valence-electron chi connectivity index (χ2n) is 8.64. The number of esters is 2. The number of carbonyl (C=O) groups excluding carboxylic acids is 2. The molecule has 7 aliphatic rings. The summed E-state index contributed by atoms with van der Waals surface area (Å²) >= 11 is 0. The van der Waals surface area contributed by atoms with Crippen molar-refractivity contribution in [2.24, 2.45) is 58.2 Å². The van der Waals surface area contributed by atoms with Gasteiger partial charge in [-0.2, -0.15) is 0 Å². The van der Waals surface area contributed by atoms with Crippen molar-refractivity contribution in [3.8, 4) is 0 Å². The monoisotopic (exact) mass is 302 g/mol. The molecule has 4 nitrogen and oxygen atoms in total. The second kappa shape index (κ2) is 3.25. The van der Waals surface area contributed by atoms with Crippen LogP contribution in [0.2, 0.25) is 0 Å². The van der Waals surface area contributed by atoms with Crippen LogP contribution in [0.3, 0.4) is 0 Å². The number of ether oxygens (including phenoxy) is 2. The van der Waals surface area contributed by atoms with E-state index >= 15 is 0 Å². The summed E-state index contributed by atoms with van der Waals surface area (Å²) in [6.07, 6.45) is 5.20. The average Bonchev–Trinajstić information content (AvgIpc) is 2.53. The number of hydrogen-bond acceptors (Lipinski definition) is 4. The molecule has 118 valence electrons. The SMILES string of the molecule is COC(=O)[C@@H]1[C@H](C(=O)OC)[C@@H]2[C@@H]3[C@@H]4[C@@H]1[C@]15CCCC[C@]21[C@H]3[C@H]45. The van der Waals surface area contributed by atoms with E-state index in [-0.39, 0.29) is 23.8 Å². The highest BCUT2D eigenvalue weighted by Crippen LogP contribution is 3.05. The molecule has 10 atom stereocenters. The van der Waals surface area contributed by atoms with E-state index < -0.39 is 0 Å². The van der Waals surface area contributed by atoms with E-state index in [0.717, 1.165) is 23.7 Å². The van der Waals surface area contributed by atoms with E-state index in [1.165, 1.54) is 39.9 Å². The van der Waals surface area contributed by atoms with Crippen LogP contribution in [-0.4, -0.2) is 26.2 Å². The van der Waals surface area contributed by atoms with Crippen molar-refractivity contribution in [1.29, 1.82) is 0 Å². The maximum atomic E-state index is 12.5. The quantitative estimate of drug-likeness (QED) is 0.731. The first-order valence-electron chi connectivity index (χ1n) is 8.82. The zero-order valence-electron chi connectivity index (χ0n) is 13.1. The maximum absolute atomic E-state index is 12.5. The van der Waals surface area contributed by atoms with Gasteiger partial charge in [0, 0.05) is 0 Å². The van der Waals surface area contributed by atoms with Crippen molar-refractivity contribution in [2.75, 3.05) is 14.2 Å². The first-order chi connectivity index (χ1) is 10.7. The number of hydrogen-bond donors (Lipinski definition) is 0. The van der Waals surface area contributed by atoms with Crippen LogP contribution >= 0.6 is 0 Å². The van der Waals surface area contributed by atoms with E-state index in [4.69, 9.17) is 9.47 Å². The van der Waals surface area contributed by atoms with Crippen molar-refractivity contribution in [3.05, 3.63) is 0 Å². The summed E-state index contributed by atoms with van der Waals surface area (Å²) in [4.78, 5) is 25.0. The second-order valence-corrected chi connectivity index (χ2v) is 8.64. The minimum absolute atomic E-state index is 0.161. The lowest BCUT2D eigenvalue weighted by atomic mass is 8.99. The van der Waals surface area contributed by atoms with E-state index in [1.54, 1.807) is 0 Å². The van der Waals surface area contributed by atoms with Gasteiger partial charge in [-0.25, -0.2) is 0 Å². The molecule has 7 saturated carbocycles. The van der Waals surface area contributed by atoms with E-state index in [0.29, 0.717) is 22.7 Å². The molecule has 4 heteroatoms. The molecule has 0 heterocycles. The predicted octanol–water partition coefficient (Wildman–Crippen LogP) is 1.88. The minimum Gasteiger partial charge on any atom is -0.469 e. The Bertz CT molecular complexity index is 575. The molecular weight excluding hydrogens is 280 g/mol. The summed E-state index contributed by atoms with van der Waals surface area (Å²) in [5.41, 5.74) is 0.812. The van der Waals surface area contributed by atoms with Gasteiger partial charge in [0.1, 0.15) is 0 Å². The van der Waals surface area contributed by atoms with Crippen LogP contribution in [0, 0.1) is 58.2 Å². The molecule has 0 radical (unpaired) electrons. The first-order valence-corrected chi connectivity index (χ1v) is 8.82. The van der Waals surface area contributed by atoms with Crippen molar-refractivity contribution in [1.82, 2.24) is 0 Å². The van der Waals surface area contributed by atoms with Crippen molar-refractivity contribution < 1.29 is 19.1 Å². The topological polar surface area (TPSA) is 52.6 Å². The van der Waals surface area contributed by atoms with Crippen LogP contribution in [0.5, 0.6) is 0 Å². The Balaban J connectivity index is 1.51. The van der Waals surface area contributed by atoms with E-state index in [1.807, 2.05) is 0 Å². The molecule has 0 unspecified atom stereocenters. The fraction of sp³-hybridized carbons (Fsp3) is 0.889. The average molecular weight is 302 g/mol. The molecule has 0 saturated heterocycles. The molecule has 0 aliphatic heterocycles. The third kappa shape index (κ3) is 0.771. The van der Waals surface area contributed by atoms with Crippen LogP contribution < -0.4 is 0 Å². The Morgan fingerprint density at radius 3 is 1.55 bits per heavy atom. The van der Waals surface area contributed by atoms with Gasteiger partial charge in [-0.3, -0.25) is 9.59 Å². The lowest BCUT2D eigenvalue weighted by molar-refractivity contribution is -0.583. The first kappa shape index (κ1) is 12.4. The largest absolute Gasteiger partial charge is 0.469 e. The van der Waals surface area contributed by atoms with Crippen molar-refractivity contribution in [3.63, 3.8) is 0 Å². The number of rotatable bonds is 2. The zero-order valence-corrected chi connectivity index (χ0v) is 13.1. The molecule has 7 fully saturated rings. The third-order valence-electron chi connectivity index (χ3n) is 9.27. The number of carbonyl (C=O) groups is 2. The lowest BCUT2D eigenvalue weighted by Gasteiger charge is -3.04. The van der Waals surface area contributed by atoms with Crippen molar-refractivity contribution >= 4 is 11.9 Å². The summed E-state index contributed by atoms with van der Waals surface area (Å²) in [6.45, 7) is 0. The van der Waals surface area contributed by atoms with Crippen molar-refractivity contribution in [2.45, 2.75) is 25.7 Å². The molecule has 7 aliphatic carbocycles. The van der Waals surface area contributed by atoms with Gasteiger partial charge in [0.05, 0.1) is 26.1 Å². The van der Waals surface area contributed by atoms with E-state index in [9.17, 15) is 9.59 Å². The van der Waals surface area contributed by atoms with Crippen LogP contribution in [0.1, 0.15) is 25.7 Å². The fourth-order valence-electron chi connectivity index (χ4n) is 9.50. The number of fused-ring (bicyclic) bond motifs is 1.